The molecule has 6 atom stereocenters. The third-order valence-electron chi connectivity index (χ3n) is 9.30. The molecule has 1 heterocycles. The van der Waals surface area contributed by atoms with Crippen LogP contribution in [-0.4, -0.2) is 31.1 Å². The Bertz CT molecular complexity index is 761. The average Bonchev–Trinajstić information content (AvgIpc) is 3.25. The lowest BCUT2D eigenvalue weighted by Crippen LogP contribution is -2.51. The number of hydrogen-bond donors (Lipinski definition) is 0. The van der Waals surface area contributed by atoms with Crippen LogP contribution in [0.1, 0.15) is 72.6 Å². The molecular formula is C25H36O4. The van der Waals surface area contributed by atoms with E-state index in [1.165, 1.54) is 31.8 Å². The van der Waals surface area contributed by atoms with Crippen molar-refractivity contribution in [3.05, 3.63) is 23.3 Å². The standard InChI is InChI=1S/C25H36O4/c1-16(26)29-18-9-11-23(2)17(15-18)5-6-19-20-7-8-22(25(4)27-13-14-28-25)24(20,3)12-10-21(19)23/h5,8,18-21H,6-7,9-15H2,1-4H3/t18-,19-,20+,21+,23-,24+/m0/s1. The molecule has 29 heavy (non-hydrogen) atoms. The van der Waals surface area contributed by atoms with Gasteiger partial charge >= 0.3 is 5.97 Å². The van der Waals surface area contributed by atoms with Crippen LogP contribution in [0.3, 0.4) is 0 Å². The first-order valence-corrected chi connectivity index (χ1v) is 11.6. The molecule has 0 aromatic heterocycles. The molecule has 1 saturated heterocycles. The number of carbonyl (C=O) groups excluding carboxylic acids is 1. The van der Waals surface area contributed by atoms with Gasteiger partial charge in [-0.2, -0.15) is 0 Å². The first-order valence-electron chi connectivity index (χ1n) is 11.6. The van der Waals surface area contributed by atoms with Crippen LogP contribution in [0.5, 0.6) is 0 Å². The molecule has 4 nitrogen and oxygen atoms in total. The van der Waals surface area contributed by atoms with Crippen LogP contribution in [0.2, 0.25) is 0 Å². The van der Waals surface area contributed by atoms with E-state index in [9.17, 15) is 4.79 Å². The van der Waals surface area contributed by atoms with Gasteiger partial charge in [0.05, 0.1) is 13.2 Å². The lowest BCUT2D eigenvalue weighted by molar-refractivity contribution is -0.149. The molecule has 0 aromatic rings. The van der Waals surface area contributed by atoms with Crippen molar-refractivity contribution >= 4 is 5.97 Å². The molecule has 0 spiro atoms. The Balaban J connectivity index is 1.39. The highest BCUT2D eigenvalue weighted by Crippen LogP contribution is 2.66. The predicted octanol–water partition coefficient (Wildman–Crippen LogP) is 5.18. The second kappa shape index (κ2) is 6.68. The Hall–Kier alpha value is -1.13. The molecule has 4 aliphatic carbocycles. The van der Waals surface area contributed by atoms with Crippen molar-refractivity contribution in [1.29, 1.82) is 0 Å². The summed E-state index contributed by atoms with van der Waals surface area (Å²) in [6, 6.07) is 0. The van der Waals surface area contributed by atoms with Crippen LogP contribution in [0.4, 0.5) is 0 Å². The molecule has 0 N–H and O–H groups in total. The Morgan fingerprint density at radius 2 is 1.72 bits per heavy atom. The van der Waals surface area contributed by atoms with Gasteiger partial charge in [-0.1, -0.05) is 31.6 Å². The summed E-state index contributed by atoms with van der Waals surface area (Å²) >= 11 is 0. The number of allylic oxidation sites excluding steroid dienone is 2. The summed E-state index contributed by atoms with van der Waals surface area (Å²) in [5, 5.41) is 0. The number of fused-ring (bicyclic) bond motifs is 5. The van der Waals surface area contributed by atoms with E-state index < -0.39 is 5.79 Å². The van der Waals surface area contributed by atoms with E-state index in [-0.39, 0.29) is 22.9 Å². The van der Waals surface area contributed by atoms with Gasteiger partial charge in [0.15, 0.2) is 5.79 Å². The third-order valence-corrected chi connectivity index (χ3v) is 9.30. The monoisotopic (exact) mass is 400 g/mol. The Morgan fingerprint density at radius 3 is 2.45 bits per heavy atom. The molecular weight excluding hydrogens is 364 g/mol. The van der Waals surface area contributed by atoms with Crippen molar-refractivity contribution in [3.8, 4) is 0 Å². The number of rotatable bonds is 2. The molecule has 0 aromatic carbocycles. The maximum absolute atomic E-state index is 11.4. The second-order valence-electron chi connectivity index (χ2n) is 10.7. The zero-order valence-corrected chi connectivity index (χ0v) is 18.5. The summed E-state index contributed by atoms with van der Waals surface area (Å²) in [6.45, 7) is 10.0. The largest absolute Gasteiger partial charge is 0.462 e. The molecule has 160 valence electrons. The minimum absolute atomic E-state index is 0.0774. The van der Waals surface area contributed by atoms with Crippen LogP contribution >= 0.6 is 0 Å². The topological polar surface area (TPSA) is 44.8 Å². The molecule has 0 unspecified atom stereocenters. The highest BCUT2D eigenvalue weighted by Gasteiger charge is 2.59. The lowest BCUT2D eigenvalue weighted by atomic mass is 9.47. The van der Waals surface area contributed by atoms with Gasteiger partial charge in [-0.3, -0.25) is 4.79 Å². The van der Waals surface area contributed by atoms with Gasteiger partial charge < -0.3 is 14.2 Å². The fourth-order valence-corrected chi connectivity index (χ4v) is 7.90. The fourth-order valence-electron chi connectivity index (χ4n) is 7.90. The maximum atomic E-state index is 11.4. The molecule has 0 bridgehead atoms. The van der Waals surface area contributed by atoms with Crippen molar-refractivity contribution in [2.24, 2.45) is 28.6 Å². The molecule has 3 fully saturated rings. The van der Waals surface area contributed by atoms with Gasteiger partial charge in [0.1, 0.15) is 6.10 Å². The zero-order valence-electron chi connectivity index (χ0n) is 18.5. The highest BCUT2D eigenvalue weighted by atomic mass is 16.7. The van der Waals surface area contributed by atoms with Crippen molar-refractivity contribution in [1.82, 2.24) is 0 Å². The van der Waals surface area contributed by atoms with Gasteiger partial charge in [-0.05, 0) is 79.6 Å². The van der Waals surface area contributed by atoms with E-state index >= 15 is 0 Å². The Kier molecular flexibility index (Phi) is 4.57. The summed E-state index contributed by atoms with van der Waals surface area (Å²) in [5.74, 6) is 1.49. The van der Waals surface area contributed by atoms with E-state index in [4.69, 9.17) is 14.2 Å². The number of esters is 1. The summed E-state index contributed by atoms with van der Waals surface area (Å²) in [6.07, 6.45) is 13.0. The first kappa shape index (κ1) is 19.8. The van der Waals surface area contributed by atoms with Crippen molar-refractivity contribution in [2.45, 2.75) is 84.5 Å². The van der Waals surface area contributed by atoms with E-state index in [1.54, 1.807) is 5.57 Å². The van der Waals surface area contributed by atoms with Gasteiger partial charge in [-0.25, -0.2) is 0 Å². The summed E-state index contributed by atoms with van der Waals surface area (Å²) in [4.78, 5) is 11.4. The normalized spacial score (nSPS) is 45.5. The molecule has 4 heteroatoms. The first-order chi connectivity index (χ1) is 13.8. The SMILES string of the molecule is CC(=O)O[C@H]1CC[C@@]2(C)C(=CC[C@@H]3[C@H]2CC[C@@]2(C)C(C4(C)OCCO4)=CC[C@H]32)C1. The van der Waals surface area contributed by atoms with Crippen LogP contribution in [0, 0.1) is 28.6 Å². The molecule has 1 aliphatic heterocycles. The van der Waals surface area contributed by atoms with E-state index in [2.05, 4.69) is 32.9 Å². The minimum atomic E-state index is -0.516. The van der Waals surface area contributed by atoms with Crippen LogP contribution in [0.25, 0.3) is 0 Å². The fraction of sp³-hybridized carbons (Fsp3) is 0.800. The van der Waals surface area contributed by atoms with Crippen molar-refractivity contribution in [3.63, 3.8) is 0 Å². The number of hydrogen-bond acceptors (Lipinski definition) is 4. The van der Waals surface area contributed by atoms with Crippen molar-refractivity contribution < 1.29 is 19.0 Å². The van der Waals surface area contributed by atoms with E-state index in [0.29, 0.717) is 19.1 Å². The molecule has 2 saturated carbocycles. The molecule has 5 rings (SSSR count). The smallest absolute Gasteiger partial charge is 0.302 e. The highest BCUT2D eigenvalue weighted by molar-refractivity contribution is 5.66. The van der Waals surface area contributed by atoms with Gasteiger partial charge in [0, 0.05) is 13.3 Å². The lowest BCUT2D eigenvalue weighted by Gasteiger charge is -2.58. The van der Waals surface area contributed by atoms with Gasteiger partial charge in [-0.15, -0.1) is 0 Å². The molecule has 5 aliphatic rings. The number of carbonyl (C=O) groups is 1. The van der Waals surface area contributed by atoms with E-state index in [1.807, 2.05) is 0 Å². The van der Waals surface area contributed by atoms with Crippen LogP contribution in [0.15, 0.2) is 23.3 Å². The average molecular weight is 401 g/mol. The second-order valence-corrected chi connectivity index (χ2v) is 10.7. The zero-order chi connectivity index (χ0) is 20.4. The third kappa shape index (κ3) is 2.89. The Morgan fingerprint density at radius 1 is 1.00 bits per heavy atom. The quantitative estimate of drug-likeness (QED) is 0.473. The summed E-state index contributed by atoms with van der Waals surface area (Å²) < 4.78 is 17.7. The Labute approximate surface area is 175 Å². The van der Waals surface area contributed by atoms with Gasteiger partial charge in [0.2, 0.25) is 0 Å². The van der Waals surface area contributed by atoms with Crippen LogP contribution in [-0.2, 0) is 19.0 Å². The van der Waals surface area contributed by atoms with Crippen molar-refractivity contribution in [2.75, 3.05) is 13.2 Å². The number of ether oxygens (including phenoxy) is 3. The molecule has 0 radical (unpaired) electrons. The summed E-state index contributed by atoms with van der Waals surface area (Å²) in [7, 11) is 0. The maximum Gasteiger partial charge on any atom is 0.302 e. The van der Waals surface area contributed by atoms with Gasteiger partial charge in [0.25, 0.3) is 0 Å². The predicted molar refractivity (Wildman–Crippen MR) is 111 cm³/mol. The minimum Gasteiger partial charge on any atom is -0.462 e. The van der Waals surface area contributed by atoms with Crippen LogP contribution < -0.4 is 0 Å². The van der Waals surface area contributed by atoms with E-state index in [0.717, 1.165) is 37.5 Å². The summed E-state index contributed by atoms with van der Waals surface area (Å²) in [5.41, 5.74) is 3.43. The molecule has 0 amide bonds.